The summed E-state index contributed by atoms with van der Waals surface area (Å²) in [6.45, 7) is 3.75. The van der Waals surface area contributed by atoms with E-state index in [1.807, 2.05) is 6.07 Å². The van der Waals surface area contributed by atoms with Crippen molar-refractivity contribution >= 4 is 11.6 Å². The highest BCUT2D eigenvalue weighted by atomic mass is 19.1. The van der Waals surface area contributed by atoms with Crippen LogP contribution in [0.25, 0.3) is 0 Å². The van der Waals surface area contributed by atoms with Gasteiger partial charge in [-0.3, -0.25) is 4.79 Å². The molecular formula is C19H28FN3O4. The van der Waals surface area contributed by atoms with E-state index >= 15 is 0 Å². The average Bonchev–Trinajstić information content (AvgIpc) is 3.44. The summed E-state index contributed by atoms with van der Waals surface area (Å²) in [6, 6.07) is 3.34. The molecule has 1 atom stereocenters. The van der Waals surface area contributed by atoms with Gasteiger partial charge in [0.15, 0.2) is 0 Å². The number of rotatable bonds is 11. The highest BCUT2D eigenvalue weighted by Gasteiger charge is 2.30. The number of pyridine rings is 1. The number of aromatic nitrogens is 1. The van der Waals surface area contributed by atoms with Gasteiger partial charge >= 0.3 is 0 Å². The zero-order valence-corrected chi connectivity index (χ0v) is 15.9. The molecule has 0 bridgehead atoms. The molecule has 7 nitrogen and oxygen atoms in total. The first-order valence-corrected chi connectivity index (χ1v) is 9.46. The lowest BCUT2D eigenvalue weighted by atomic mass is 10.1. The van der Waals surface area contributed by atoms with Crippen LogP contribution in [0.15, 0.2) is 12.1 Å². The normalized spacial score (nSPS) is 18.1. The van der Waals surface area contributed by atoms with Gasteiger partial charge in [0.2, 0.25) is 5.88 Å². The Bertz CT molecular complexity index is 635. The molecule has 0 radical (unpaired) electrons. The third-order valence-electron chi connectivity index (χ3n) is 4.71. The van der Waals surface area contributed by atoms with E-state index in [9.17, 15) is 9.18 Å². The number of hydrogen-bond acceptors (Lipinski definition) is 6. The van der Waals surface area contributed by atoms with E-state index in [1.54, 1.807) is 20.1 Å². The van der Waals surface area contributed by atoms with Crippen molar-refractivity contribution < 1.29 is 23.4 Å². The minimum absolute atomic E-state index is 0.0324. The van der Waals surface area contributed by atoms with Crippen LogP contribution in [0.2, 0.25) is 0 Å². The highest BCUT2D eigenvalue weighted by molar-refractivity contribution is 5.93. The van der Waals surface area contributed by atoms with Gasteiger partial charge in [-0.05, 0) is 37.8 Å². The molecule has 1 saturated heterocycles. The number of carbonyl (C=O) groups is 1. The molecule has 1 N–H and O–H groups in total. The number of hydrogen-bond donors (Lipinski definition) is 1. The van der Waals surface area contributed by atoms with Gasteiger partial charge in [0, 0.05) is 26.2 Å². The zero-order valence-electron chi connectivity index (χ0n) is 15.9. The Morgan fingerprint density at radius 2 is 2.19 bits per heavy atom. The van der Waals surface area contributed by atoms with Crippen LogP contribution in [0.1, 0.15) is 30.3 Å². The second-order valence-corrected chi connectivity index (χ2v) is 7.18. The fourth-order valence-electron chi connectivity index (χ4n) is 2.83. The first kappa shape index (κ1) is 19.8. The molecule has 2 aliphatic rings. The van der Waals surface area contributed by atoms with Crippen LogP contribution < -0.4 is 15.0 Å². The lowest BCUT2D eigenvalue weighted by molar-refractivity contribution is 0.0781. The molecule has 0 aromatic carbocycles. The summed E-state index contributed by atoms with van der Waals surface area (Å²) >= 11 is 0. The molecule has 3 rings (SSSR count). The molecule has 150 valence electrons. The lowest BCUT2D eigenvalue weighted by Crippen LogP contribution is -2.52. The Kier molecular flexibility index (Phi) is 6.84. The second kappa shape index (κ2) is 9.32. The summed E-state index contributed by atoms with van der Waals surface area (Å²) in [5, 5.41) is 2.81. The standard InChI is InChI=1S/C19H28FN3O4/c1-13(11-26-8-7-20)21-18(24)16-5-6-17(23-9-15(10-23)25-2)19(22-16)27-12-14-3-4-14/h5-6,13-15H,3-4,7-12H2,1-2H3,(H,21,24)/t13-/m0/s1. The van der Waals surface area contributed by atoms with E-state index in [1.165, 1.54) is 12.8 Å². The molecule has 8 heteroatoms. The zero-order chi connectivity index (χ0) is 19.2. The summed E-state index contributed by atoms with van der Waals surface area (Å²) in [7, 11) is 1.71. The summed E-state index contributed by atoms with van der Waals surface area (Å²) in [6.07, 6.45) is 2.58. The third kappa shape index (κ3) is 5.52. The van der Waals surface area contributed by atoms with E-state index in [4.69, 9.17) is 14.2 Å². The van der Waals surface area contributed by atoms with E-state index in [-0.39, 0.29) is 31.3 Å². The Hall–Kier alpha value is -1.93. The quantitative estimate of drug-likeness (QED) is 0.590. The predicted molar refractivity (Wildman–Crippen MR) is 99.2 cm³/mol. The van der Waals surface area contributed by atoms with Crippen molar-refractivity contribution in [3.8, 4) is 5.88 Å². The SMILES string of the molecule is COC1CN(c2ccc(C(=O)N[C@@H](C)COCCF)nc2OCC2CC2)C1. The first-order chi connectivity index (χ1) is 13.1. The number of anilines is 1. The lowest BCUT2D eigenvalue weighted by Gasteiger charge is -2.40. The van der Waals surface area contributed by atoms with Crippen molar-refractivity contribution in [2.45, 2.75) is 31.9 Å². The Balaban J connectivity index is 1.64. The van der Waals surface area contributed by atoms with Gasteiger partial charge < -0.3 is 24.4 Å². The average molecular weight is 381 g/mol. The Labute approximate surface area is 159 Å². The van der Waals surface area contributed by atoms with Crippen LogP contribution in [0.3, 0.4) is 0 Å². The molecule has 0 unspecified atom stereocenters. The summed E-state index contributed by atoms with van der Waals surface area (Å²) in [4.78, 5) is 19.1. The molecule has 1 saturated carbocycles. The molecular weight excluding hydrogens is 353 g/mol. The second-order valence-electron chi connectivity index (χ2n) is 7.18. The smallest absolute Gasteiger partial charge is 0.270 e. The molecule has 1 amide bonds. The maximum atomic E-state index is 12.5. The molecule has 1 aliphatic heterocycles. The maximum Gasteiger partial charge on any atom is 0.270 e. The number of nitrogens with zero attached hydrogens (tertiary/aromatic N) is 2. The van der Waals surface area contributed by atoms with Crippen molar-refractivity contribution in [1.82, 2.24) is 10.3 Å². The number of amides is 1. The molecule has 2 heterocycles. The van der Waals surface area contributed by atoms with Crippen LogP contribution >= 0.6 is 0 Å². The van der Waals surface area contributed by atoms with Crippen LogP contribution in [-0.2, 0) is 9.47 Å². The number of nitrogens with one attached hydrogen (secondary N) is 1. The van der Waals surface area contributed by atoms with E-state index in [0.717, 1.165) is 18.8 Å². The minimum atomic E-state index is -0.536. The van der Waals surface area contributed by atoms with Crippen molar-refractivity contribution in [1.29, 1.82) is 0 Å². The van der Waals surface area contributed by atoms with Crippen LogP contribution in [0.5, 0.6) is 5.88 Å². The van der Waals surface area contributed by atoms with Crippen molar-refractivity contribution in [2.75, 3.05) is 51.6 Å². The number of alkyl halides is 1. The van der Waals surface area contributed by atoms with E-state index in [2.05, 4.69) is 15.2 Å². The number of ether oxygens (including phenoxy) is 3. The van der Waals surface area contributed by atoms with E-state index < -0.39 is 6.67 Å². The van der Waals surface area contributed by atoms with Gasteiger partial charge in [0.1, 0.15) is 18.1 Å². The van der Waals surface area contributed by atoms with Gasteiger partial charge in [-0.1, -0.05) is 0 Å². The van der Waals surface area contributed by atoms with Gasteiger partial charge in [-0.25, -0.2) is 9.37 Å². The Morgan fingerprint density at radius 1 is 1.41 bits per heavy atom. The first-order valence-electron chi connectivity index (χ1n) is 9.46. The molecule has 1 aliphatic carbocycles. The van der Waals surface area contributed by atoms with Gasteiger partial charge in [-0.15, -0.1) is 0 Å². The maximum absolute atomic E-state index is 12.5. The van der Waals surface area contributed by atoms with Gasteiger partial charge in [0.25, 0.3) is 5.91 Å². The topological polar surface area (TPSA) is 72.9 Å². The number of methoxy groups -OCH3 is 1. The fourth-order valence-corrected chi connectivity index (χ4v) is 2.83. The third-order valence-corrected chi connectivity index (χ3v) is 4.71. The monoisotopic (exact) mass is 381 g/mol. The van der Waals surface area contributed by atoms with Crippen molar-refractivity contribution in [3.05, 3.63) is 17.8 Å². The highest BCUT2D eigenvalue weighted by Crippen LogP contribution is 2.34. The van der Waals surface area contributed by atoms with E-state index in [0.29, 0.717) is 24.1 Å². The van der Waals surface area contributed by atoms with Crippen LogP contribution in [-0.4, -0.2) is 69.7 Å². The summed E-state index contributed by atoms with van der Waals surface area (Å²) in [5.74, 6) is 0.783. The summed E-state index contributed by atoms with van der Waals surface area (Å²) in [5.41, 5.74) is 1.19. The minimum Gasteiger partial charge on any atom is -0.476 e. The van der Waals surface area contributed by atoms with Crippen molar-refractivity contribution in [2.24, 2.45) is 5.92 Å². The predicted octanol–water partition coefficient (Wildman–Crippen LogP) is 1.81. The molecule has 2 fully saturated rings. The Morgan fingerprint density at radius 3 is 2.85 bits per heavy atom. The van der Waals surface area contributed by atoms with Crippen LogP contribution in [0.4, 0.5) is 10.1 Å². The molecule has 1 aromatic rings. The van der Waals surface area contributed by atoms with Gasteiger partial charge in [-0.2, -0.15) is 0 Å². The van der Waals surface area contributed by atoms with Crippen LogP contribution in [0, 0.1) is 5.92 Å². The summed E-state index contributed by atoms with van der Waals surface area (Å²) < 4.78 is 28.5. The van der Waals surface area contributed by atoms with Gasteiger partial charge in [0.05, 0.1) is 25.9 Å². The van der Waals surface area contributed by atoms with Crippen molar-refractivity contribution in [3.63, 3.8) is 0 Å². The largest absolute Gasteiger partial charge is 0.476 e. The fraction of sp³-hybridized carbons (Fsp3) is 0.684. The molecule has 0 spiro atoms. The molecule has 1 aromatic heterocycles. The molecule has 27 heavy (non-hydrogen) atoms. The number of halogens is 1. The number of carbonyl (C=O) groups excluding carboxylic acids is 1.